The first-order valence-electron chi connectivity index (χ1n) is 16.3. The molecule has 0 unspecified atom stereocenters. The Kier molecular flexibility index (Phi) is 12.3. The summed E-state index contributed by atoms with van der Waals surface area (Å²) in [6.07, 6.45) is 6.46. The van der Waals surface area contributed by atoms with Crippen molar-refractivity contribution in [1.82, 2.24) is 14.9 Å². The van der Waals surface area contributed by atoms with Gasteiger partial charge in [-0.3, -0.25) is 24.2 Å². The molecule has 2 aromatic carbocycles. The summed E-state index contributed by atoms with van der Waals surface area (Å²) in [5, 5.41) is 23.3. The second-order valence-corrected chi connectivity index (χ2v) is 11.7. The number of anilines is 2. The maximum atomic E-state index is 14.1. The third-order valence-corrected chi connectivity index (χ3v) is 8.37. The smallest absolute Gasteiger partial charge is 0.336 e. The lowest BCUT2D eigenvalue weighted by atomic mass is 9.95. The molecule has 14 heteroatoms. The molecule has 4 aromatic rings. The Morgan fingerprint density at radius 1 is 0.900 bits per heavy atom. The van der Waals surface area contributed by atoms with Gasteiger partial charge < -0.3 is 39.4 Å². The van der Waals surface area contributed by atoms with Crippen molar-refractivity contribution in [2.24, 2.45) is 5.92 Å². The highest BCUT2D eigenvalue weighted by atomic mass is 16.5. The number of pyridine rings is 2. The zero-order valence-electron chi connectivity index (χ0n) is 27.4. The van der Waals surface area contributed by atoms with E-state index >= 15 is 0 Å². The summed E-state index contributed by atoms with van der Waals surface area (Å²) in [5.74, 6) is -3.42. The van der Waals surface area contributed by atoms with Crippen LogP contribution >= 0.6 is 0 Å². The molecule has 0 bridgehead atoms. The molecule has 262 valence electrons. The van der Waals surface area contributed by atoms with E-state index in [4.69, 9.17) is 9.47 Å². The lowest BCUT2D eigenvalue weighted by Gasteiger charge is -2.36. The first-order chi connectivity index (χ1) is 24.2. The Hall–Kier alpha value is -5.60. The fourth-order valence-corrected chi connectivity index (χ4v) is 5.96. The summed E-state index contributed by atoms with van der Waals surface area (Å²) in [6.45, 7) is 1.71. The van der Waals surface area contributed by atoms with Crippen LogP contribution in [0.5, 0.6) is 0 Å². The number of carboxylic acid groups (broad SMARTS) is 2. The van der Waals surface area contributed by atoms with Crippen LogP contribution in [0.15, 0.2) is 84.0 Å². The van der Waals surface area contributed by atoms with Gasteiger partial charge in [0, 0.05) is 55.4 Å². The summed E-state index contributed by atoms with van der Waals surface area (Å²) in [6, 6.07) is 16.7. The quantitative estimate of drug-likeness (QED) is 0.148. The van der Waals surface area contributed by atoms with E-state index in [2.05, 4.69) is 15.2 Å². The molecule has 1 aliphatic heterocycles. The molecule has 1 atom stereocenters. The molecule has 2 aromatic heterocycles. The van der Waals surface area contributed by atoms with E-state index in [0.29, 0.717) is 18.7 Å². The molecule has 2 amide bonds. The minimum absolute atomic E-state index is 0.0623. The average molecular weight is 686 g/mol. The monoisotopic (exact) mass is 685 g/mol. The largest absolute Gasteiger partial charge is 0.480 e. The van der Waals surface area contributed by atoms with Crippen molar-refractivity contribution < 1.29 is 38.9 Å². The number of aliphatic carboxylic acids is 1. The molecule has 50 heavy (non-hydrogen) atoms. The summed E-state index contributed by atoms with van der Waals surface area (Å²) < 4.78 is 12.4. The molecular weight excluding hydrogens is 646 g/mol. The predicted molar refractivity (Wildman–Crippen MR) is 185 cm³/mol. The van der Waals surface area contributed by atoms with Crippen LogP contribution in [0.1, 0.15) is 33.6 Å². The normalized spacial score (nSPS) is 14.3. The highest BCUT2D eigenvalue weighted by Gasteiger charge is 2.31. The number of hydrogen-bond acceptors (Lipinski definition) is 9. The van der Waals surface area contributed by atoms with Crippen LogP contribution < -0.4 is 20.7 Å². The number of fused-ring (bicyclic) bond motifs is 1. The van der Waals surface area contributed by atoms with Gasteiger partial charge in [0.25, 0.3) is 11.5 Å². The number of carbonyl (C=O) groups is 4. The topological polar surface area (TPSA) is 181 Å². The average Bonchev–Trinajstić information content (AvgIpc) is 3.12. The molecule has 5 rings (SSSR count). The van der Waals surface area contributed by atoms with Crippen molar-refractivity contribution >= 4 is 45.9 Å². The number of nitrogens with one attached hydrogen (secondary N) is 1. The first-order valence-corrected chi connectivity index (χ1v) is 16.3. The van der Waals surface area contributed by atoms with Crippen molar-refractivity contribution in [2.45, 2.75) is 19.4 Å². The van der Waals surface area contributed by atoms with Crippen molar-refractivity contribution in [1.29, 1.82) is 0 Å². The Labute approximate surface area is 287 Å². The molecule has 0 saturated carbocycles. The lowest BCUT2D eigenvalue weighted by Crippen LogP contribution is -2.46. The molecule has 0 radical (unpaired) electrons. The second-order valence-electron chi connectivity index (χ2n) is 11.7. The Balaban J connectivity index is 1.17. The lowest BCUT2D eigenvalue weighted by molar-refractivity contribution is -0.137. The van der Waals surface area contributed by atoms with Crippen LogP contribution in [0.4, 0.5) is 11.4 Å². The van der Waals surface area contributed by atoms with E-state index in [0.717, 1.165) is 34.0 Å². The van der Waals surface area contributed by atoms with Crippen LogP contribution in [0, 0.1) is 5.92 Å². The van der Waals surface area contributed by atoms with Crippen LogP contribution in [0.3, 0.4) is 0 Å². The molecule has 0 spiro atoms. The summed E-state index contributed by atoms with van der Waals surface area (Å²) >= 11 is 0. The molecule has 0 aliphatic carbocycles. The van der Waals surface area contributed by atoms with Crippen LogP contribution in [-0.4, -0.2) is 96.1 Å². The van der Waals surface area contributed by atoms with Crippen molar-refractivity contribution in [3.8, 4) is 0 Å². The number of ether oxygens (including phenoxy) is 2. The van der Waals surface area contributed by atoms with E-state index in [1.807, 2.05) is 36.7 Å². The second kappa shape index (κ2) is 17.2. The highest BCUT2D eigenvalue weighted by Crippen LogP contribution is 2.30. The number of benzene rings is 2. The zero-order chi connectivity index (χ0) is 35.5. The zero-order valence-corrected chi connectivity index (χ0v) is 27.4. The van der Waals surface area contributed by atoms with Crippen molar-refractivity contribution in [2.75, 3.05) is 62.4 Å². The van der Waals surface area contributed by atoms with E-state index in [1.165, 1.54) is 30.5 Å². The van der Waals surface area contributed by atoms with Gasteiger partial charge in [0.2, 0.25) is 5.91 Å². The number of hydrogen-bond donors (Lipinski definition) is 3. The molecule has 1 aliphatic rings. The number of rotatable bonds is 16. The van der Waals surface area contributed by atoms with E-state index in [1.54, 1.807) is 17.0 Å². The van der Waals surface area contributed by atoms with Gasteiger partial charge in [0.1, 0.15) is 6.54 Å². The van der Waals surface area contributed by atoms with Gasteiger partial charge >= 0.3 is 11.9 Å². The standard InChI is InChI=1S/C36H39N5O9/c42-32-12-11-27(23-40(32)24-33(43)44)41(15-17-50-19-18-49-16-13-38-34(45)29-9-3-4-10-30(29)36(47)48)35(46)26-7-5-14-39(22-26)31-21-37-20-25-6-1-2-8-28(25)31/h1-4,6,8-12,20-21,23,26H,5,7,13-19,22,24H2,(H,38,45)(H,43,44)(H,47,48)/t26-/m0/s1. The number of aromatic carboxylic acids is 1. The van der Waals surface area contributed by atoms with Gasteiger partial charge in [-0.2, -0.15) is 0 Å². The fourth-order valence-electron chi connectivity index (χ4n) is 5.96. The van der Waals surface area contributed by atoms with E-state index < -0.39 is 29.9 Å². The number of carboxylic acids is 2. The number of aromatic nitrogens is 2. The maximum Gasteiger partial charge on any atom is 0.336 e. The van der Waals surface area contributed by atoms with Gasteiger partial charge in [0.05, 0.1) is 61.0 Å². The van der Waals surface area contributed by atoms with Crippen molar-refractivity contribution in [3.05, 3.63) is 101 Å². The number of piperidine rings is 1. The summed E-state index contributed by atoms with van der Waals surface area (Å²) in [4.78, 5) is 69.8. The van der Waals surface area contributed by atoms with Gasteiger partial charge in [-0.05, 0) is 31.0 Å². The number of nitrogens with zero attached hydrogens (tertiary/aromatic N) is 4. The van der Waals surface area contributed by atoms with E-state index in [9.17, 15) is 34.2 Å². The first kappa shape index (κ1) is 35.7. The Bertz CT molecular complexity index is 1890. The van der Waals surface area contributed by atoms with Gasteiger partial charge in [-0.15, -0.1) is 0 Å². The van der Waals surface area contributed by atoms with Crippen molar-refractivity contribution in [3.63, 3.8) is 0 Å². The number of amides is 2. The Morgan fingerprint density at radius 3 is 2.42 bits per heavy atom. The van der Waals surface area contributed by atoms with Gasteiger partial charge in [0.15, 0.2) is 0 Å². The molecule has 14 nitrogen and oxygen atoms in total. The molecule has 1 fully saturated rings. The van der Waals surface area contributed by atoms with E-state index in [-0.39, 0.29) is 62.5 Å². The van der Waals surface area contributed by atoms with Gasteiger partial charge in [-0.1, -0.05) is 36.4 Å². The van der Waals surface area contributed by atoms with Gasteiger partial charge in [-0.25, -0.2) is 4.79 Å². The maximum absolute atomic E-state index is 14.1. The van der Waals surface area contributed by atoms with Crippen LogP contribution in [0.2, 0.25) is 0 Å². The summed E-state index contributed by atoms with van der Waals surface area (Å²) in [5.41, 5.74) is 0.823. The third-order valence-electron chi connectivity index (χ3n) is 8.37. The molecule has 1 saturated heterocycles. The molecule has 3 heterocycles. The third kappa shape index (κ3) is 9.09. The molecular formula is C36H39N5O9. The summed E-state index contributed by atoms with van der Waals surface area (Å²) in [7, 11) is 0. The minimum Gasteiger partial charge on any atom is -0.480 e. The highest BCUT2D eigenvalue weighted by molar-refractivity contribution is 6.04. The SMILES string of the molecule is O=C(O)Cn1cc(N(CCOCCOCCNC(=O)c2ccccc2C(=O)O)C(=O)[C@H]2CCCN(c3cncc4ccccc34)C2)ccc1=O. The fraction of sp³-hybridized carbons (Fsp3) is 0.333. The molecule has 3 N–H and O–H groups in total. The number of carbonyl (C=O) groups excluding carboxylic acids is 2. The van der Waals surface area contributed by atoms with Crippen LogP contribution in [0.25, 0.3) is 10.8 Å². The predicted octanol–water partition coefficient (Wildman–Crippen LogP) is 2.89. The Morgan fingerprint density at radius 2 is 1.64 bits per heavy atom. The minimum atomic E-state index is -1.19. The van der Waals surface area contributed by atoms with Crippen LogP contribution in [-0.2, 0) is 25.6 Å².